The minimum absolute atomic E-state index is 0.613. The van der Waals surface area contributed by atoms with Crippen LogP contribution in [-0.2, 0) is 0 Å². The van der Waals surface area contributed by atoms with E-state index < -0.39 is 8.07 Å². The highest BCUT2D eigenvalue weighted by atomic mass is 28.3. The molecule has 179 valence electrons. The summed E-state index contributed by atoms with van der Waals surface area (Å²) in [5, 5.41) is 3.33. The van der Waals surface area contributed by atoms with Gasteiger partial charge in [0.15, 0.2) is 0 Å². The summed E-state index contributed by atoms with van der Waals surface area (Å²) in [7, 11) is -2.18. The maximum Gasteiger partial charge on any atom is -0.0124 e. The summed E-state index contributed by atoms with van der Waals surface area (Å²) in [5.74, 6) is 3.30. The average Bonchev–Trinajstić information content (AvgIpc) is 3.53. The van der Waals surface area contributed by atoms with Crippen molar-refractivity contribution in [2.75, 3.05) is 0 Å². The van der Waals surface area contributed by atoms with Gasteiger partial charge in [0.05, 0.1) is 0 Å². The highest BCUT2D eigenvalue weighted by molar-refractivity contribution is 7.04. The van der Waals surface area contributed by atoms with Crippen molar-refractivity contribution in [1.29, 1.82) is 0 Å². The Bertz CT molecular complexity index is 1060. The number of benzene rings is 2. The van der Waals surface area contributed by atoms with Crippen molar-refractivity contribution in [3.8, 4) is 0 Å². The molecular formula is C34H38Si-. The second-order valence-electron chi connectivity index (χ2n) is 11.2. The number of hydrogen-bond acceptors (Lipinski definition) is 0. The Balaban J connectivity index is 1.57. The summed E-state index contributed by atoms with van der Waals surface area (Å²) < 4.78 is 0. The molecule has 6 unspecified atom stereocenters. The monoisotopic (exact) mass is 474 g/mol. The molecule has 0 aromatic heterocycles. The lowest BCUT2D eigenvalue weighted by Gasteiger charge is -2.59. The van der Waals surface area contributed by atoms with Crippen LogP contribution in [0.2, 0.25) is 11.1 Å². The predicted octanol–water partition coefficient (Wildman–Crippen LogP) is 7.49. The largest absolute Gasteiger partial charge is 0.180 e. The van der Waals surface area contributed by atoms with E-state index in [0.717, 1.165) is 17.9 Å². The second-order valence-corrected chi connectivity index (χ2v) is 15.6. The highest BCUT2D eigenvalue weighted by Gasteiger charge is 2.54. The second kappa shape index (κ2) is 9.78. The molecule has 0 spiro atoms. The van der Waals surface area contributed by atoms with Gasteiger partial charge < -0.3 is 0 Å². The molecule has 6 atom stereocenters. The SMILES string of the molecule is C=CCCC1CCC([Si-](c2ccccc2)(c2ccccc2)C2C3C=CC=CC3C3C=CC=CC32)C1. The Hall–Kier alpha value is -2.64. The van der Waals surface area contributed by atoms with E-state index in [1.807, 2.05) is 0 Å². The Kier molecular flexibility index (Phi) is 6.37. The van der Waals surface area contributed by atoms with Crippen LogP contribution in [-0.4, -0.2) is 8.07 Å². The lowest BCUT2D eigenvalue weighted by molar-refractivity contribution is 0.461. The fourth-order valence-corrected chi connectivity index (χ4v) is 15.7. The van der Waals surface area contributed by atoms with Crippen LogP contribution < -0.4 is 10.4 Å². The minimum Gasteiger partial charge on any atom is -0.180 e. The molecule has 0 aliphatic heterocycles. The molecule has 35 heavy (non-hydrogen) atoms. The molecule has 4 aliphatic rings. The van der Waals surface area contributed by atoms with Crippen molar-refractivity contribution in [2.24, 2.45) is 29.6 Å². The first-order valence-electron chi connectivity index (χ1n) is 13.8. The molecule has 0 N–H and O–H groups in total. The summed E-state index contributed by atoms with van der Waals surface area (Å²) in [6, 6.07) is 23.7. The standard InChI is InChI=1S/C34H38Si/c1-2-3-14-26-23-24-29(25-26)35(27-15-6-4-7-16-27,28-17-8-5-9-18-28)34-32-21-12-10-19-30(32)31-20-11-13-22-33(31)34/h2,4-13,15-22,26,29-34H,1,3,14,23-25H2/q-1. The zero-order chi connectivity index (χ0) is 23.7. The van der Waals surface area contributed by atoms with Crippen LogP contribution in [0.4, 0.5) is 0 Å². The molecule has 0 heterocycles. The molecule has 2 aromatic rings. The third-order valence-electron chi connectivity index (χ3n) is 9.71. The smallest absolute Gasteiger partial charge is 0.0124 e. The highest BCUT2D eigenvalue weighted by Crippen LogP contribution is 2.61. The molecule has 4 aliphatic carbocycles. The van der Waals surface area contributed by atoms with Crippen LogP contribution in [0.15, 0.2) is 122 Å². The van der Waals surface area contributed by atoms with Crippen LogP contribution in [0.5, 0.6) is 0 Å². The van der Waals surface area contributed by atoms with Crippen molar-refractivity contribution in [3.63, 3.8) is 0 Å². The van der Waals surface area contributed by atoms with Crippen molar-refractivity contribution in [1.82, 2.24) is 0 Å². The van der Waals surface area contributed by atoms with Gasteiger partial charge in [-0.3, -0.25) is 0 Å². The molecule has 0 amide bonds. The number of rotatable bonds is 7. The Morgan fingerprint density at radius 1 is 0.686 bits per heavy atom. The van der Waals surface area contributed by atoms with Gasteiger partial charge in [-0.25, -0.2) is 0 Å². The van der Waals surface area contributed by atoms with E-state index in [1.54, 1.807) is 10.4 Å². The van der Waals surface area contributed by atoms with E-state index in [2.05, 4.69) is 122 Å². The topological polar surface area (TPSA) is 0 Å². The van der Waals surface area contributed by atoms with Gasteiger partial charge in [0, 0.05) is 0 Å². The molecule has 0 radical (unpaired) electrons. The summed E-state index contributed by atoms with van der Waals surface area (Å²) in [6.45, 7) is 4.02. The molecule has 2 fully saturated rings. The van der Waals surface area contributed by atoms with Crippen LogP contribution in [0.25, 0.3) is 0 Å². The van der Waals surface area contributed by atoms with Crippen LogP contribution in [0.3, 0.4) is 0 Å². The fraction of sp³-hybridized carbons (Fsp3) is 0.353. The zero-order valence-electron chi connectivity index (χ0n) is 20.8. The molecule has 6 rings (SSSR count). The van der Waals surface area contributed by atoms with E-state index in [4.69, 9.17) is 0 Å². The first kappa shape index (κ1) is 22.8. The quantitative estimate of drug-likeness (QED) is 0.288. The first-order valence-corrected chi connectivity index (χ1v) is 15.9. The molecule has 0 bridgehead atoms. The maximum atomic E-state index is 4.02. The van der Waals surface area contributed by atoms with Crippen LogP contribution in [0, 0.1) is 29.6 Å². The fourth-order valence-electron chi connectivity index (χ4n) is 8.46. The van der Waals surface area contributed by atoms with Gasteiger partial charge in [0.1, 0.15) is 0 Å². The van der Waals surface area contributed by atoms with E-state index in [-0.39, 0.29) is 0 Å². The van der Waals surface area contributed by atoms with Gasteiger partial charge in [0.2, 0.25) is 0 Å². The molecule has 2 aromatic carbocycles. The Morgan fingerprint density at radius 2 is 1.20 bits per heavy atom. The molecule has 1 heteroatoms. The summed E-state index contributed by atoms with van der Waals surface area (Å²) >= 11 is 0. The normalized spacial score (nSPS) is 33.0. The third-order valence-corrected chi connectivity index (χ3v) is 15.9. The Morgan fingerprint density at radius 3 is 1.71 bits per heavy atom. The minimum atomic E-state index is -2.18. The molecular weight excluding hydrogens is 436 g/mol. The van der Waals surface area contributed by atoms with Gasteiger partial charge in [-0.2, -0.15) is 10.4 Å². The van der Waals surface area contributed by atoms with Crippen molar-refractivity contribution >= 4 is 18.4 Å². The number of hydrogen-bond donors (Lipinski definition) is 0. The number of fused-ring (bicyclic) bond motifs is 3. The molecule has 0 nitrogen and oxygen atoms in total. The molecule has 0 saturated heterocycles. The van der Waals surface area contributed by atoms with Gasteiger partial charge in [-0.15, -0.1) is 17.7 Å². The van der Waals surface area contributed by atoms with Crippen LogP contribution in [0.1, 0.15) is 32.1 Å². The molecule has 2 saturated carbocycles. The summed E-state index contributed by atoms with van der Waals surface area (Å²) in [5.41, 5.74) is 1.46. The first-order chi connectivity index (χ1) is 17.3. The van der Waals surface area contributed by atoms with Gasteiger partial charge in [-0.05, 0) is 42.4 Å². The predicted molar refractivity (Wildman–Crippen MR) is 153 cm³/mol. The van der Waals surface area contributed by atoms with E-state index in [9.17, 15) is 0 Å². The number of allylic oxidation sites excluding steroid dienone is 9. The summed E-state index contributed by atoms with van der Waals surface area (Å²) in [6.07, 6.45) is 28.3. The van der Waals surface area contributed by atoms with Gasteiger partial charge in [0.25, 0.3) is 0 Å². The zero-order valence-corrected chi connectivity index (χ0v) is 21.8. The Labute approximate surface area is 212 Å². The van der Waals surface area contributed by atoms with E-state index in [0.29, 0.717) is 29.2 Å². The van der Waals surface area contributed by atoms with E-state index in [1.165, 1.54) is 25.7 Å². The van der Waals surface area contributed by atoms with E-state index >= 15 is 0 Å². The maximum absolute atomic E-state index is 4.02. The van der Waals surface area contributed by atoms with Gasteiger partial charge >= 0.3 is 0 Å². The third kappa shape index (κ3) is 3.80. The lowest BCUT2D eigenvalue weighted by Crippen LogP contribution is -2.66. The lowest BCUT2D eigenvalue weighted by atomic mass is 9.83. The van der Waals surface area contributed by atoms with Crippen LogP contribution >= 0.6 is 0 Å². The van der Waals surface area contributed by atoms with Gasteiger partial charge in [-0.1, -0.05) is 143 Å². The van der Waals surface area contributed by atoms with Crippen molar-refractivity contribution in [2.45, 2.75) is 43.2 Å². The van der Waals surface area contributed by atoms with Crippen molar-refractivity contribution < 1.29 is 0 Å². The average molecular weight is 475 g/mol. The summed E-state index contributed by atoms with van der Waals surface area (Å²) in [4.78, 5) is 0. The van der Waals surface area contributed by atoms with Crippen molar-refractivity contribution in [3.05, 3.63) is 122 Å².